The van der Waals surface area contributed by atoms with Gasteiger partial charge in [-0.15, -0.1) is 0 Å². The molecule has 1 saturated heterocycles. The Bertz CT molecular complexity index is 386. The van der Waals surface area contributed by atoms with Crippen LogP contribution in [0.1, 0.15) is 44.1 Å². The lowest BCUT2D eigenvalue weighted by Gasteiger charge is -2.28. The number of hydrogen-bond acceptors (Lipinski definition) is 2. The van der Waals surface area contributed by atoms with E-state index in [1.807, 2.05) is 24.3 Å². The van der Waals surface area contributed by atoms with E-state index in [4.69, 9.17) is 16.3 Å². The minimum absolute atomic E-state index is 0.0861. The molecule has 0 aliphatic carbocycles. The summed E-state index contributed by atoms with van der Waals surface area (Å²) in [5, 5.41) is 0.696. The quantitative estimate of drug-likeness (QED) is 0.762. The second kappa shape index (κ2) is 5.54. The van der Waals surface area contributed by atoms with Gasteiger partial charge < -0.3 is 4.74 Å². The van der Waals surface area contributed by atoms with Crippen LogP contribution < -0.4 is 0 Å². The average molecular weight is 253 g/mol. The number of hydrogen-bond donors (Lipinski definition) is 0. The predicted octanol–water partition coefficient (Wildman–Crippen LogP) is 3.93. The van der Waals surface area contributed by atoms with Crippen LogP contribution in [0.4, 0.5) is 0 Å². The molecule has 1 aromatic rings. The molecule has 17 heavy (non-hydrogen) atoms. The molecule has 92 valence electrons. The SMILES string of the molecule is CCCC1CCC(c2ccc(Cl)cc2)C(=O)O1. The van der Waals surface area contributed by atoms with Crippen molar-refractivity contribution in [2.75, 3.05) is 0 Å². The summed E-state index contributed by atoms with van der Waals surface area (Å²) in [4.78, 5) is 11.9. The van der Waals surface area contributed by atoms with Crippen LogP contribution in [0, 0.1) is 0 Å². The lowest BCUT2D eigenvalue weighted by Crippen LogP contribution is -2.29. The van der Waals surface area contributed by atoms with Gasteiger partial charge in [0, 0.05) is 5.02 Å². The van der Waals surface area contributed by atoms with Crippen molar-refractivity contribution in [3.63, 3.8) is 0 Å². The molecule has 1 aliphatic heterocycles. The van der Waals surface area contributed by atoms with Crippen LogP contribution in [-0.2, 0) is 9.53 Å². The van der Waals surface area contributed by atoms with Crippen LogP contribution >= 0.6 is 11.6 Å². The molecule has 0 bridgehead atoms. The van der Waals surface area contributed by atoms with E-state index < -0.39 is 0 Å². The third-order valence-corrected chi connectivity index (χ3v) is 3.48. The summed E-state index contributed by atoms with van der Waals surface area (Å²) in [7, 11) is 0. The first-order valence-corrected chi connectivity index (χ1v) is 6.54. The third kappa shape index (κ3) is 3.01. The minimum Gasteiger partial charge on any atom is -0.462 e. The first-order valence-electron chi connectivity index (χ1n) is 6.16. The summed E-state index contributed by atoms with van der Waals surface area (Å²) in [6.45, 7) is 2.11. The fourth-order valence-corrected chi connectivity index (χ4v) is 2.42. The zero-order chi connectivity index (χ0) is 12.3. The van der Waals surface area contributed by atoms with Crippen LogP contribution in [0.25, 0.3) is 0 Å². The normalized spacial score (nSPS) is 24.5. The maximum Gasteiger partial charge on any atom is 0.313 e. The van der Waals surface area contributed by atoms with E-state index in [1.54, 1.807) is 0 Å². The Balaban J connectivity index is 2.04. The van der Waals surface area contributed by atoms with Crippen molar-refractivity contribution in [1.29, 1.82) is 0 Å². The van der Waals surface area contributed by atoms with E-state index in [1.165, 1.54) is 0 Å². The van der Waals surface area contributed by atoms with E-state index in [0.29, 0.717) is 5.02 Å². The van der Waals surface area contributed by atoms with E-state index in [9.17, 15) is 4.79 Å². The third-order valence-electron chi connectivity index (χ3n) is 3.23. The predicted molar refractivity (Wildman–Crippen MR) is 68.2 cm³/mol. The number of benzene rings is 1. The van der Waals surface area contributed by atoms with Gasteiger partial charge in [-0.3, -0.25) is 4.79 Å². The Kier molecular flexibility index (Phi) is 4.06. The van der Waals surface area contributed by atoms with Crippen LogP contribution in [-0.4, -0.2) is 12.1 Å². The maximum absolute atomic E-state index is 11.9. The van der Waals surface area contributed by atoms with Gasteiger partial charge in [0.1, 0.15) is 6.10 Å². The molecule has 1 heterocycles. The molecule has 2 atom stereocenters. The molecule has 0 spiro atoms. The first kappa shape index (κ1) is 12.4. The van der Waals surface area contributed by atoms with Crippen LogP contribution in [0.15, 0.2) is 24.3 Å². The highest BCUT2D eigenvalue weighted by Crippen LogP contribution is 2.31. The highest BCUT2D eigenvalue weighted by Gasteiger charge is 2.30. The molecule has 2 rings (SSSR count). The summed E-state index contributed by atoms with van der Waals surface area (Å²) in [5.41, 5.74) is 1.01. The molecule has 1 fully saturated rings. The summed E-state index contributed by atoms with van der Waals surface area (Å²) in [6, 6.07) is 7.47. The largest absolute Gasteiger partial charge is 0.462 e. The van der Waals surface area contributed by atoms with Crippen molar-refractivity contribution in [1.82, 2.24) is 0 Å². The Morgan fingerprint density at radius 3 is 2.59 bits per heavy atom. The monoisotopic (exact) mass is 252 g/mol. The van der Waals surface area contributed by atoms with Crippen molar-refractivity contribution in [2.45, 2.75) is 44.6 Å². The van der Waals surface area contributed by atoms with Crippen molar-refractivity contribution in [3.8, 4) is 0 Å². The molecule has 0 saturated carbocycles. The second-order valence-corrected chi connectivity index (χ2v) is 4.97. The fourth-order valence-electron chi connectivity index (χ4n) is 2.30. The molecule has 0 aromatic heterocycles. The summed E-state index contributed by atoms with van der Waals surface area (Å²) < 4.78 is 5.45. The van der Waals surface area contributed by atoms with Gasteiger partial charge in [-0.1, -0.05) is 37.1 Å². The Morgan fingerprint density at radius 1 is 1.29 bits per heavy atom. The number of halogens is 1. The smallest absolute Gasteiger partial charge is 0.313 e. The lowest BCUT2D eigenvalue weighted by atomic mass is 9.90. The molecular formula is C14H17ClO2. The van der Waals surface area contributed by atoms with Gasteiger partial charge in [0.2, 0.25) is 0 Å². The molecule has 0 radical (unpaired) electrons. The van der Waals surface area contributed by atoms with Gasteiger partial charge in [0.05, 0.1) is 5.92 Å². The average Bonchev–Trinajstić information content (AvgIpc) is 2.31. The Hall–Kier alpha value is -1.02. The highest BCUT2D eigenvalue weighted by molar-refractivity contribution is 6.30. The highest BCUT2D eigenvalue weighted by atomic mass is 35.5. The summed E-state index contributed by atoms with van der Waals surface area (Å²) in [5.74, 6) is -0.197. The molecule has 1 aliphatic rings. The maximum atomic E-state index is 11.9. The number of ether oxygens (including phenoxy) is 1. The molecule has 3 heteroatoms. The number of esters is 1. The van der Waals surface area contributed by atoms with Gasteiger partial charge in [0.25, 0.3) is 0 Å². The minimum atomic E-state index is -0.111. The van der Waals surface area contributed by atoms with Gasteiger partial charge in [-0.25, -0.2) is 0 Å². The number of cyclic esters (lactones) is 1. The van der Waals surface area contributed by atoms with E-state index in [0.717, 1.165) is 31.2 Å². The van der Waals surface area contributed by atoms with E-state index >= 15 is 0 Å². The molecule has 0 N–H and O–H groups in total. The zero-order valence-electron chi connectivity index (χ0n) is 9.99. The summed E-state index contributed by atoms with van der Waals surface area (Å²) in [6.07, 6.45) is 4.00. The first-order chi connectivity index (χ1) is 8.20. The Morgan fingerprint density at radius 2 is 2.00 bits per heavy atom. The Labute approximate surface area is 107 Å². The van der Waals surface area contributed by atoms with Gasteiger partial charge in [-0.2, -0.15) is 0 Å². The molecular weight excluding hydrogens is 236 g/mol. The van der Waals surface area contributed by atoms with Crippen molar-refractivity contribution in [2.24, 2.45) is 0 Å². The van der Waals surface area contributed by atoms with Crippen molar-refractivity contribution in [3.05, 3.63) is 34.9 Å². The number of rotatable bonds is 3. The molecule has 2 nitrogen and oxygen atoms in total. The number of carbonyl (C=O) groups is 1. The standard InChI is InChI=1S/C14H17ClO2/c1-2-3-12-8-9-13(14(16)17-12)10-4-6-11(15)7-5-10/h4-7,12-13H,2-3,8-9H2,1H3. The second-order valence-electron chi connectivity index (χ2n) is 4.53. The van der Waals surface area contributed by atoms with Crippen molar-refractivity contribution < 1.29 is 9.53 Å². The fraction of sp³-hybridized carbons (Fsp3) is 0.500. The van der Waals surface area contributed by atoms with E-state index in [-0.39, 0.29) is 18.0 Å². The van der Waals surface area contributed by atoms with Crippen LogP contribution in [0.5, 0.6) is 0 Å². The van der Waals surface area contributed by atoms with Crippen molar-refractivity contribution >= 4 is 17.6 Å². The van der Waals surface area contributed by atoms with Gasteiger partial charge >= 0.3 is 5.97 Å². The van der Waals surface area contributed by atoms with E-state index in [2.05, 4.69) is 6.92 Å². The topological polar surface area (TPSA) is 26.3 Å². The zero-order valence-corrected chi connectivity index (χ0v) is 10.7. The van der Waals surface area contributed by atoms with Crippen LogP contribution in [0.3, 0.4) is 0 Å². The molecule has 1 aromatic carbocycles. The molecule has 2 unspecified atom stereocenters. The van der Waals surface area contributed by atoms with Gasteiger partial charge in [0.15, 0.2) is 0 Å². The molecule has 0 amide bonds. The van der Waals surface area contributed by atoms with Crippen LogP contribution in [0.2, 0.25) is 5.02 Å². The van der Waals surface area contributed by atoms with Gasteiger partial charge in [-0.05, 0) is 37.0 Å². The number of carbonyl (C=O) groups excluding carboxylic acids is 1. The lowest BCUT2D eigenvalue weighted by molar-refractivity contribution is -0.156. The summed E-state index contributed by atoms with van der Waals surface area (Å²) >= 11 is 5.84.